The van der Waals surface area contributed by atoms with E-state index in [4.69, 9.17) is 14.9 Å². The van der Waals surface area contributed by atoms with Crippen molar-refractivity contribution >= 4 is 59.4 Å². The molecule has 0 unspecified atom stereocenters. The molecule has 1 amide bonds. The van der Waals surface area contributed by atoms with Gasteiger partial charge in [0.05, 0.1) is 43.9 Å². The maximum absolute atomic E-state index is 13.2. The minimum atomic E-state index is -4.51. The SMILES string of the molecule is CN(OCC(=O)O)C(=O)c1cc2c([n+](CCCS(=O)(=O)[O-])c1)N=C(/C=C/C=C/C=C1/N(CCCS(=O)(=O)O)c3ccc(S(=O)(=O)O)cc3C1(C)C)C2(C)C. The number of fused-ring (bicyclic) bond motifs is 2. The third-order valence-corrected chi connectivity index (χ3v) is 11.5. The number of rotatable bonds is 16. The maximum atomic E-state index is 13.2. The first-order chi connectivity index (χ1) is 24.8. The Balaban J connectivity index is 1.66. The van der Waals surface area contributed by atoms with E-state index in [1.54, 1.807) is 41.0 Å². The summed E-state index contributed by atoms with van der Waals surface area (Å²) in [4.78, 5) is 35.5. The van der Waals surface area contributed by atoms with Crippen LogP contribution in [0.4, 0.5) is 11.5 Å². The van der Waals surface area contributed by atoms with Crippen molar-refractivity contribution in [1.29, 1.82) is 0 Å². The average Bonchev–Trinajstić information content (AvgIpc) is 3.42. The van der Waals surface area contributed by atoms with Crippen molar-refractivity contribution in [2.45, 2.75) is 62.8 Å². The first-order valence-electron chi connectivity index (χ1n) is 16.5. The van der Waals surface area contributed by atoms with Crippen LogP contribution in [-0.2, 0) is 57.4 Å². The third-order valence-electron chi connectivity index (χ3n) is 9.03. The minimum absolute atomic E-state index is 0.0271. The maximum Gasteiger partial charge on any atom is 0.332 e. The van der Waals surface area contributed by atoms with Gasteiger partial charge in [0.2, 0.25) is 0 Å². The molecule has 0 fully saturated rings. The lowest BCUT2D eigenvalue weighted by Crippen LogP contribution is -2.39. The molecule has 1 aromatic heterocycles. The highest BCUT2D eigenvalue weighted by molar-refractivity contribution is 7.86. The predicted molar refractivity (Wildman–Crippen MR) is 196 cm³/mol. The van der Waals surface area contributed by atoms with Gasteiger partial charge in [-0.15, -0.1) is 0 Å². The number of carbonyl (C=O) groups is 2. The van der Waals surface area contributed by atoms with E-state index in [0.717, 1.165) is 5.06 Å². The molecule has 54 heavy (non-hydrogen) atoms. The molecule has 2 aliphatic rings. The molecule has 17 nitrogen and oxygen atoms in total. The number of carboxylic acids is 1. The highest BCUT2D eigenvalue weighted by Gasteiger charge is 2.43. The summed E-state index contributed by atoms with van der Waals surface area (Å²) in [6.45, 7) is 6.87. The zero-order chi connectivity index (χ0) is 40.4. The Morgan fingerprint density at radius 2 is 1.65 bits per heavy atom. The second-order valence-corrected chi connectivity index (χ2v) is 18.3. The van der Waals surface area contributed by atoms with Crippen molar-refractivity contribution in [2.75, 3.05) is 36.6 Å². The van der Waals surface area contributed by atoms with E-state index in [1.165, 1.54) is 31.4 Å². The zero-order valence-corrected chi connectivity index (χ0v) is 32.6. The first-order valence-corrected chi connectivity index (χ1v) is 21.1. The van der Waals surface area contributed by atoms with Gasteiger partial charge in [-0.25, -0.2) is 22.8 Å². The highest BCUT2D eigenvalue weighted by Crippen LogP contribution is 2.48. The van der Waals surface area contributed by atoms with Crippen molar-refractivity contribution < 1.29 is 63.0 Å². The van der Waals surface area contributed by atoms with E-state index < -0.39 is 71.2 Å². The molecule has 0 saturated carbocycles. The van der Waals surface area contributed by atoms with Crippen molar-refractivity contribution in [2.24, 2.45) is 4.99 Å². The van der Waals surface area contributed by atoms with Crippen LogP contribution >= 0.6 is 0 Å². The Morgan fingerprint density at radius 3 is 2.26 bits per heavy atom. The Morgan fingerprint density at radius 1 is 0.963 bits per heavy atom. The summed E-state index contributed by atoms with van der Waals surface area (Å²) in [7, 11) is -12.0. The quantitative estimate of drug-likeness (QED) is 0.0955. The van der Waals surface area contributed by atoms with Crippen LogP contribution in [0.1, 0.15) is 62.0 Å². The zero-order valence-electron chi connectivity index (χ0n) is 30.2. The highest BCUT2D eigenvalue weighted by atomic mass is 32.2. The van der Waals surface area contributed by atoms with Crippen molar-refractivity contribution in [3.63, 3.8) is 0 Å². The number of pyridine rings is 1. The average molecular weight is 811 g/mol. The van der Waals surface area contributed by atoms with Crippen molar-refractivity contribution in [1.82, 2.24) is 5.06 Å². The van der Waals surface area contributed by atoms with Crippen LogP contribution in [0.15, 0.2) is 76.4 Å². The van der Waals surface area contributed by atoms with Crippen LogP contribution in [0.3, 0.4) is 0 Å². The lowest BCUT2D eigenvalue weighted by molar-refractivity contribution is -0.684. The standard InChI is InChI=1S/C34H42N4O13S3/c1-33(2)26-19-23(32(41)36(5)51-22-30(39)40)21-37(15-9-17-52(42,43)44)31(26)35-28(33)11-7-6-8-12-29-34(3,4)25-20-24(54(48,49)50)13-14-27(25)38(29)16-10-18-53(45,46)47/h6-8,11-14,19-21H,9-10,15-18,22H2,1-5H3,(H3-,39,40,42,43,44,45,46,47,48,49,50). The number of anilines is 1. The van der Waals surface area contributed by atoms with Gasteiger partial charge in [-0.2, -0.15) is 16.8 Å². The van der Waals surface area contributed by atoms with E-state index in [0.29, 0.717) is 34.0 Å². The summed E-state index contributed by atoms with van der Waals surface area (Å²) >= 11 is 0. The van der Waals surface area contributed by atoms with Crippen LogP contribution in [-0.4, -0.2) is 98.4 Å². The molecule has 0 saturated heterocycles. The molecule has 20 heteroatoms. The number of aliphatic imine (C=N–C) groups is 1. The van der Waals surface area contributed by atoms with Gasteiger partial charge in [0.25, 0.3) is 26.1 Å². The molecule has 0 atom stereocenters. The second-order valence-electron chi connectivity index (χ2n) is 13.7. The monoisotopic (exact) mass is 810 g/mol. The number of amides is 1. The number of carbonyl (C=O) groups excluding carboxylic acids is 1. The summed E-state index contributed by atoms with van der Waals surface area (Å²) in [6.07, 6.45) is 10.1. The number of benzene rings is 1. The summed E-state index contributed by atoms with van der Waals surface area (Å²) in [5.41, 5.74) is 1.58. The van der Waals surface area contributed by atoms with E-state index in [1.807, 2.05) is 32.6 Å². The molecule has 2 aromatic rings. The molecule has 0 aliphatic carbocycles. The fourth-order valence-electron chi connectivity index (χ4n) is 6.27. The topological polar surface area (TPSA) is 252 Å². The fraction of sp³-hybridized carbons (Fsp3) is 0.412. The smallest absolute Gasteiger partial charge is 0.332 e. The number of hydroxylamine groups is 2. The Labute approximate surface area is 314 Å². The van der Waals surface area contributed by atoms with Gasteiger partial charge in [0.1, 0.15) is 6.20 Å². The predicted octanol–water partition coefficient (Wildman–Crippen LogP) is 2.68. The molecule has 294 valence electrons. The van der Waals surface area contributed by atoms with E-state index >= 15 is 0 Å². The molecule has 0 bridgehead atoms. The Hall–Kier alpha value is -4.31. The van der Waals surface area contributed by atoms with E-state index in [9.17, 15) is 48.5 Å². The lowest BCUT2D eigenvalue weighted by atomic mass is 9.81. The summed E-state index contributed by atoms with van der Waals surface area (Å²) in [6, 6.07) is 5.74. The van der Waals surface area contributed by atoms with Gasteiger partial charge < -0.3 is 14.6 Å². The molecular weight excluding hydrogens is 769 g/mol. The van der Waals surface area contributed by atoms with Gasteiger partial charge >= 0.3 is 11.8 Å². The minimum Gasteiger partial charge on any atom is -0.748 e. The first kappa shape index (κ1) is 42.4. The molecule has 1 aromatic carbocycles. The number of aromatic nitrogens is 1. The van der Waals surface area contributed by atoms with Crippen molar-refractivity contribution in [3.05, 3.63) is 83.2 Å². The molecule has 2 aliphatic heterocycles. The van der Waals surface area contributed by atoms with Crippen LogP contribution in [0.5, 0.6) is 0 Å². The normalized spacial score (nSPS) is 17.3. The number of aryl methyl sites for hydroxylation is 1. The largest absolute Gasteiger partial charge is 0.748 e. The number of nitrogens with zero attached hydrogens (tertiary/aromatic N) is 4. The van der Waals surface area contributed by atoms with Gasteiger partial charge in [-0.3, -0.25) is 18.7 Å². The summed E-state index contributed by atoms with van der Waals surface area (Å²) < 4.78 is 101. The van der Waals surface area contributed by atoms with E-state index in [-0.39, 0.29) is 36.4 Å². The second kappa shape index (κ2) is 15.8. The van der Waals surface area contributed by atoms with Gasteiger partial charge in [-0.1, -0.05) is 32.1 Å². The van der Waals surface area contributed by atoms with Crippen LogP contribution in [0, 0.1) is 0 Å². The Kier molecular flexibility index (Phi) is 12.4. The number of allylic oxidation sites excluding steroid dienone is 6. The molecule has 3 N–H and O–H groups in total. The molecule has 4 rings (SSSR count). The number of carboxylic acid groups (broad SMARTS) is 1. The van der Waals surface area contributed by atoms with E-state index in [2.05, 4.69) is 0 Å². The molecule has 3 heterocycles. The summed E-state index contributed by atoms with van der Waals surface area (Å²) in [5, 5.41) is 9.72. The third kappa shape index (κ3) is 10.1. The number of hydrogen-bond acceptors (Lipinski definition) is 12. The van der Waals surface area contributed by atoms with Gasteiger partial charge in [-0.05, 0) is 73.7 Å². The lowest BCUT2D eigenvalue weighted by Gasteiger charge is -2.27. The van der Waals surface area contributed by atoms with Gasteiger partial charge in [0, 0.05) is 36.1 Å². The number of hydrogen-bond donors (Lipinski definition) is 3. The van der Waals surface area contributed by atoms with Gasteiger partial charge in [0.15, 0.2) is 12.3 Å². The van der Waals surface area contributed by atoms with Crippen LogP contribution in [0.25, 0.3) is 0 Å². The van der Waals surface area contributed by atoms with Crippen LogP contribution in [0.2, 0.25) is 0 Å². The van der Waals surface area contributed by atoms with Crippen LogP contribution < -0.4 is 9.47 Å². The van der Waals surface area contributed by atoms with Crippen molar-refractivity contribution in [3.8, 4) is 0 Å². The molecule has 0 radical (unpaired) electrons. The molecular formula is C34H42N4O13S3. The molecule has 0 spiro atoms. The Bertz CT molecular complexity index is 2290. The summed E-state index contributed by atoms with van der Waals surface area (Å²) in [5.74, 6) is -2.66. The number of aliphatic carboxylic acids is 1. The fourth-order valence-corrected chi connectivity index (χ4v) is 7.76.